The molecule has 8 N–H and O–H groups in total. The predicted molar refractivity (Wildman–Crippen MR) is 228 cm³/mol. The summed E-state index contributed by atoms with van der Waals surface area (Å²) in [5.41, 5.74) is -4.08. The number of hydrogen-bond donors (Lipinski definition) is 8. The van der Waals surface area contributed by atoms with Crippen LogP contribution < -0.4 is 5.32 Å². The fourth-order valence-electron chi connectivity index (χ4n) is 12.3. The topological polar surface area (TPSA) is 310 Å². The zero-order chi connectivity index (χ0) is 47.4. The molecule has 11 atom stereocenters. The van der Waals surface area contributed by atoms with Crippen LogP contribution in [0.4, 0.5) is 0 Å². The third-order valence-corrected chi connectivity index (χ3v) is 15.8. The number of fused-ring (bicyclic) bond motifs is 6. The van der Waals surface area contributed by atoms with Crippen LogP contribution >= 0.6 is 0 Å². The highest BCUT2D eigenvalue weighted by atomic mass is 16.4. The van der Waals surface area contributed by atoms with Crippen LogP contribution in [0.5, 0.6) is 0 Å². The molecule has 0 aliphatic carbocycles. The Balaban J connectivity index is 1.99. The van der Waals surface area contributed by atoms with Gasteiger partial charge >= 0.3 is 41.8 Å². The summed E-state index contributed by atoms with van der Waals surface area (Å²) in [6.07, 6.45) is -1.18. The minimum atomic E-state index is -1.60. The summed E-state index contributed by atoms with van der Waals surface area (Å²) in [4.78, 5) is 104. The summed E-state index contributed by atoms with van der Waals surface area (Å²) in [5, 5.41) is 75.1. The lowest BCUT2D eigenvalue weighted by Gasteiger charge is -2.48. The Labute approximate surface area is 365 Å². The summed E-state index contributed by atoms with van der Waals surface area (Å²) in [6, 6.07) is -1.81. The van der Waals surface area contributed by atoms with E-state index in [1.54, 1.807) is 40.7 Å². The fraction of sp³-hybridized carbons (Fsp3) is 0.689. The van der Waals surface area contributed by atoms with Gasteiger partial charge in [0.15, 0.2) is 0 Å². The van der Waals surface area contributed by atoms with E-state index in [9.17, 15) is 69.3 Å². The number of carboxylic acid groups (broad SMARTS) is 7. The summed E-state index contributed by atoms with van der Waals surface area (Å²) >= 11 is 0. The Morgan fingerprint density at radius 3 is 1.71 bits per heavy atom. The van der Waals surface area contributed by atoms with Crippen molar-refractivity contribution in [1.82, 2.24) is 5.32 Å². The molecule has 0 radical (unpaired) electrons. The molecule has 0 saturated carbocycles. The third kappa shape index (κ3) is 8.65. The van der Waals surface area contributed by atoms with E-state index >= 15 is 0 Å². The fourth-order valence-corrected chi connectivity index (χ4v) is 12.3. The zero-order valence-electron chi connectivity index (χ0n) is 37.2. The van der Waals surface area contributed by atoms with Crippen LogP contribution in [0.2, 0.25) is 0 Å². The minimum absolute atomic E-state index is 0.00818. The lowest BCUT2D eigenvalue weighted by Crippen LogP contribution is -2.55. The molecule has 346 valence electrons. The van der Waals surface area contributed by atoms with Crippen LogP contribution in [0, 0.1) is 51.2 Å². The number of nitrogens with one attached hydrogen (secondary N) is 1. The van der Waals surface area contributed by atoms with Crippen LogP contribution in [-0.2, 0) is 33.6 Å². The number of rotatable bonds is 18. The van der Waals surface area contributed by atoms with Crippen molar-refractivity contribution >= 4 is 58.9 Å². The van der Waals surface area contributed by atoms with Crippen molar-refractivity contribution in [3.05, 3.63) is 23.0 Å². The quantitative estimate of drug-likeness (QED) is 0.0825. The van der Waals surface area contributed by atoms with Gasteiger partial charge < -0.3 is 41.1 Å². The second-order valence-corrected chi connectivity index (χ2v) is 19.8. The van der Waals surface area contributed by atoms with Gasteiger partial charge in [0.2, 0.25) is 0 Å². The first-order valence-corrected chi connectivity index (χ1v) is 21.5. The lowest BCUT2D eigenvalue weighted by atomic mass is 9.55. The monoisotopic (exact) mass is 882 g/mol. The zero-order valence-corrected chi connectivity index (χ0v) is 37.2. The average Bonchev–Trinajstić information content (AvgIpc) is 3.75. The molecule has 0 amide bonds. The SMILES string of the molecule is C/C1=C2/N/C(=C\C3=N[C@H]([C@@H](C)C4=N[C@H]([C@H](CC(=O)O)[C@@]4(C)CCC(=O)O)[C@]4(C)N=C1[C@@H](CCC(=O)O)[C@]4(C)CC(=O)O)[C@H](CCC(=O)O)C3(C)C)[C@@H](CCC(=O)O)[C@]2(C)CC(=O)O. The molecule has 5 aliphatic heterocycles. The van der Waals surface area contributed by atoms with Crippen LogP contribution in [0.15, 0.2) is 38.0 Å². The van der Waals surface area contributed by atoms with Gasteiger partial charge in [-0.3, -0.25) is 48.5 Å². The highest BCUT2D eigenvalue weighted by molar-refractivity contribution is 6.06. The number of allylic oxidation sites excluding steroid dienone is 4. The second kappa shape index (κ2) is 17.3. The van der Waals surface area contributed by atoms with Gasteiger partial charge in [0.1, 0.15) is 0 Å². The molecule has 0 aromatic rings. The Hall–Kier alpha value is -5.42. The molecule has 1 fully saturated rings. The summed E-state index contributed by atoms with van der Waals surface area (Å²) in [5.74, 6) is -11.9. The number of aliphatic imine (C=N–C) groups is 3. The summed E-state index contributed by atoms with van der Waals surface area (Å²) in [6.45, 7) is 14.2. The van der Waals surface area contributed by atoms with E-state index < -0.39 is 136 Å². The van der Waals surface area contributed by atoms with Gasteiger partial charge in [0.25, 0.3) is 0 Å². The highest BCUT2D eigenvalue weighted by Gasteiger charge is 2.67. The average molecular weight is 883 g/mol. The van der Waals surface area contributed by atoms with Crippen molar-refractivity contribution in [2.75, 3.05) is 0 Å². The van der Waals surface area contributed by atoms with Gasteiger partial charge in [-0.1, -0.05) is 41.5 Å². The van der Waals surface area contributed by atoms with Gasteiger partial charge in [-0.05, 0) is 57.1 Å². The first-order chi connectivity index (χ1) is 29.0. The largest absolute Gasteiger partial charge is 0.481 e. The molecular formula is C45H62N4O14. The van der Waals surface area contributed by atoms with Crippen molar-refractivity contribution < 1.29 is 69.3 Å². The molecular weight excluding hydrogens is 821 g/mol. The molecule has 0 spiro atoms. The van der Waals surface area contributed by atoms with Gasteiger partial charge in [-0.25, -0.2) is 0 Å². The Bertz CT molecular complexity index is 2140. The van der Waals surface area contributed by atoms with Crippen molar-refractivity contribution in [3.8, 4) is 0 Å². The highest BCUT2D eigenvalue weighted by Crippen LogP contribution is 2.62. The third-order valence-electron chi connectivity index (χ3n) is 15.8. The van der Waals surface area contributed by atoms with Crippen molar-refractivity contribution in [1.29, 1.82) is 0 Å². The van der Waals surface area contributed by atoms with Gasteiger partial charge in [0.05, 0.1) is 36.9 Å². The van der Waals surface area contributed by atoms with Crippen molar-refractivity contribution in [3.63, 3.8) is 0 Å². The van der Waals surface area contributed by atoms with E-state index in [-0.39, 0.29) is 50.7 Å². The van der Waals surface area contributed by atoms with E-state index in [4.69, 9.17) is 15.0 Å². The first-order valence-electron chi connectivity index (χ1n) is 21.5. The Morgan fingerprint density at radius 1 is 0.651 bits per heavy atom. The maximum Gasteiger partial charge on any atom is 0.304 e. The number of carboxylic acids is 7. The van der Waals surface area contributed by atoms with E-state index in [0.29, 0.717) is 28.4 Å². The van der Waals surface area contributed by atoms with E-state index in [1.807, 2.05) is 20.8 Å². The molecule has 63 heavy (non-hydrogen) atoms. The molecule has 0 unspecified atom stereocenters. The Morgan fingerprint density at radius 2 is 1.19 bits per heavy atom. The number of aliphatic carboxylic acids is 7. The molecule has 0 aromatic heterocycles. The molecule has 8 bridgehead atoms. The van der Waals surface area contributed by atoms with Crippen molar-refractivity contribution in [2.24, 2.45) is 66.2 Å². The lowest BCUT2D eigenvalue weighted by molar-refractivity contribution is -0.143. The smallest absolute Gasteiger partial charge is 0.304 e. The number of hydrogen-bond acceptors (Lipinski definition) is 11. The van der Waals surface area contributed by atoms with E-state index in [0.717, 1.165) is 0 Å². The first kappa shape index (κ1) is 48.6. The van der Waals surface area contributed by atoms with Crippen LogP contribution in [0.1, 0.15) is 126 Å². The van der Waals surface area contributed by atoms with Gasteiger partial charge in [-0.2, -0.15) is 0 Å². The predicted octanol–water partition coefficient (Wildman–Crippen LogP) is 5.65. The molecule has 18 nitrogen and oxygen atoms in total. The van der Waals surface area contributed by atoms with Crippen LogP contribution in [0.25, 0.3) is 0 Å². The molecule has 5 aliphatic rings. The van der Waals surface area contributed by atoms with Crippen LogP contribution in [0.3, 0.4) is 0 Å². The number of carbonyl (C=O) groups is 7. The molecule has 5 rings (SSSR count). The number of nitrogens with zero attached hydrogens (tertiary/aromatic N) is 3. The summed E-state index contributed by atoms with van der Waals surface area (Å²) in [7, 11) is 0. The van der Waals surface area contributed by atoms with Crippen molar-refractivity contribution in [2.45, 2.75) is 144 Å². The minimum Gasteiger partial charge on any atom is -0.481 e. The molecule has 18 heteroatoms. The van der Waals surface area contributed by atoms with E-state index in [2.05, 4.69) is 5.32 Å². The maximum absolute atomic E-state index is 13.1. The standard InChI is InChI=1S/C45H62N4O14/c1-21-36-24(10-13-30(52)53)41(3,4)28(47-36)18-27-23(9-12-29(50)51)43(6,19-34(60)61)39(46-27)22(2)37-25(11-14-31(54)55)44(7,20-35(62)63)45(8,49-37)40-26(17-33(58)59)42(5,38(21)48-40)16-15-32(56)57/h18,21,23-26,36,40,46H,9-17,19-20H2,1-8H3,(H,50,51)(H,52,53)(H,54,55)(H,56,57)(H,58,59)(H,60,61)(H,62,63)/b27-18-,39-22-/t21-,23-,24+,25-,26+,36-,40-,42-,43+,44+,45+/m1/s1. The molecule has 0 aromatic carbocycles. The summed E-state index contributed by atoms with van der Waals surface area (Å²) < 4.78 is 0. The van der Waals surface area contributed by atoms with Gasteiger partial charge in [-0.15, -0.1) is 0 Å². The Kier molecular flexibility index (Phi) is 13.3. The molecule has 1 saturated heterocycles. The van der Waals surface area contributed by atoms with E-state index in [1.165, 1.54) is 0 Å². The molecule has 5 heterocycles. The van der Waals surface area contributed by atoms with Gasteiger partial charge in [0, 0.05) is 99.5 Å². The maximum atomic E-state index is 13.1. The normalized spacial score (nSPS) is 37.3. The second-order valence-electron chi connectivity index (χ2n) is 19.8. The van der Waals surface area contributed by atoms with Crippen LogP contribution in [-0.4, -0.2) is 112 Å².